The Bertz CT molecular complexity index is 390. The summed E-state index contributed by atoms with van der Waals surface area (Å²) in [5, 5.41) is 12.8. The first-order chi connectivity index (χ1) is 8.70. The molecule has 2 unspecified atom stereocenters. The van der Waals surface area contributed by atoms with E-state index in [2.05, 4.69) is 17.4 Å². The molecule has 0 bridgehead atoms. The van der Waals surface area contributed by atoms with E-state index < -0.39 is 0 Å². The molecule has 2 N–H and O–H groups in total. The van der Waals surface area contributed by atoms with E-state index in [1.165, 1.54) is 24.0 Å². The molecular formula is C15H23NO2. The molecule has 0 heterocycles. The molecule has 0 saturated heterocycles. The average molecular weight is 249 g/mol. The highest BCUT2D eigenvalue weighted by molar-refractivity contribution is 5.39. The van der Waals surface area contributed by atoms with Crippen molar-refractivity contribution in [1.29, 1.82) is 0 Å². The Kier molecular flexibility index (Phi) is 4.61. The normalized spacial score (nSPS) is 20.3. The molecule has 1 aromatic carbocycles. The molecule has 0 fully saturated rings. The zero-order valence-electron chi connectivity index (χ0n) is 11.3. The van der Waals surface area contributed by atoms with Crippen molar-refractivity contribution in [2.75, 3.05) is 13.7 Å². The molecule has 1 aromatic rings. The number of ether oxygens (including phenoxy) is 1. The molecule has 0 saturated carbocycles. The average Bonchev–Trinajstić information content (AvgIpc) is 2.38. The van der Waals surface area contributed by atoms with Crippen LogP contribution in [-0.4, -0.2) is 24.9 Å². The van der Waals surface area contributed by atoms with Gasteiger partial charge in [-0.3, -0.25) is 0 Å². The molecule has 2 rings (SSSR count). The Balaban J connectivity index is 2.03. The number of rotatable bonds is 5. The van der Waals surface area contributed by atoms with Crippen LogP contribution in [0.1, 0.15) is 43.4 Å². The SMILES string of the molecule is COc1ccc2c(c1)CCCC2NCCC(C)O. The van der Waals surface area contributed by atoms with Gasteiger partial charge in [0.25, 0.3) is 0 Å². The second kappa shape index (κ2) is 6.21. The van der Waals surface area contributed by atoms with Crippen LogP contribution in [0.3, 0.4) is 0 Å². The van der Waals surface area contributed by atoms with Gasteiger partial charge in [-0.25, -0.2) is 0 Å². The third kappa shape index (κ3) is 3.24. The molecule has 0 aromatic heterocycles. The molecular weight excluding hydrogens is 226 g/mol. The first kappa shape index (κ1) is 13.4. The maximum absolute atomic E-state index is 9.29. The van der Waals surface area contributed by atoms with Gasteiger partial charge in [0.1, 0.15) is 5.75 Å². The highest BCUT2D eigenvalue weighted by atomic mass is 16.5. The van der Waals surface area contributed by atoms with Crippen LogP contribution in [0.15, 0.2) is 18.2 Å². The minimum absolute atomic E-state index is 0.226. The van der Waals surface area contributed by atoms with Gasteiger partial charge in [0.2, 0.25) is 0 Å². The number of methoxy groups -OCH3 is 1. The Labute approximate surface area is 109 Å². The lowest BCUT2D eigenvalue weighted by Crippen LogP contribution is -2.27. The van der Waals surface area contributed by atoms with Crippen LogP contribution < -0.4 is 10.1 Å². The fourth-order valence-electron chi connectivity index (χ4n) is 2.60. The predicted molar refractivity (Wildman–Crippen MR) is 73.0 cm³/mol. The number of hydrogen-bond donors (Lipinski definition) is 2. The van der Waals surface area contributed by atoms with Gasteiger partial charge in [-0.05, 0) is 62.4 Å². The molecule has 3 heteroatoms. The van der Waals surface area contributed by atoms with Gasteiger partial charge < -0.3 is 15.2 Å². The Morgan fingerprint density at radius 3 is 3.06 bits per heavy atom. The van der Waals surface area contributed by atoms with Gasteiger partial charge in [0.15, 0.2) is 0 Å². The van der Waals surface area contributed by atoms with Crippen LogP contribution in [-0.2, 0) is 6.42 Å². The second-order valence-corrected chi connectivity index (χ2v) is 5.10. The van der Waals surface area contributed by atoms with E-state index in [-0.39, 0.29) is 6.10 Å². The van der Waals surface area contributed by atoms with Crippen molar-refractivity contribution in [1.82, 2.24) is 5.32 Å². The largest absolute Gasteiger partial charge is 0.497 e. The number of aliphatic hydroxyl groups is 1. The quantitative estimate of drug-likeness (QED) is 0.842. The molecule has 100 valence electrons. The van der Waals surface area contributed by atoms with Crippen molar-refractivity contribution in [3.63, 3.8) is 0 Å². The number of aryl methyl sites for hydroxylation is 1. The minimum Gasteiger partial charge on any atom is -0.497 e. The molecule has 3 nitrogen and oxygen atoms in total. The highest BCUT2D eigenvalue weighted by Gasteiger charge is 2.19. The van der Waals surface area contributed by atoms with Gasteiger partial charge in [0.05, 0.1) is 13.2 Å². The summed E-state index contributed by atoms with van der Waals surface area (Å²) < 4.78 is 5.27. The van der Waals surface area contributed by atoms with Crippen molar-refractivity contribution in [3.8, 4) is 5.75 Å². The summed E-state index contributed by atoms with van der Waals surface area (Å²) in [6, 6.07) is 6.79. The van der Waals surface area contributed by atoms with Crippen LogP contribution in [0.2, 0.25) is 0 Å². The number of nitrogens with one attached hydrogen (secondary N) is 1. The lowest BCUT2D eigenvalue weighted by atomic mass is 9.87. The lowest BCUT2D eigenvalue weighted by molar-refractivity contribution is 0.181. The van der Waals surface area contributed by atoms with Crippen molar-refractivity contribution < 1.29 is 9.84 Å². The first-order valence-electron chi connectivity index (χ1n) is 6.79. The molecule has 2 atom stereocenters. The molecule has 0 amide bonds. The summed E-state index contributed by atoms with van der Waals surface area (Å²) >= 11 is 0. The molecule has 1 aliphatic rings. The summed E-state index contributed by atoms with van der Waals surface area (Å²) in [5.74, 6) is 0.943. The first-order valence-corrected chi connectivity index (χ1v) is 6.79. The van der Waals surface area contributed by atoms with E-state index >= 15 is 0 Å². The van der Waals surface area contributed by atoms with E-state index in [4.69, 9.17) is 4.74 Å². The summed E-state index contributed by atoms with van der Waals surface area (Å²) in [7, 11) is 1.71. The van der Waals surface area contributed by atoms with E-state index in [9.17, 15) is 5.11 Å². The van der Waals surface area contributed by atoms with Crippen molar-refractivity contribution in [3.05, 3.63) is 29.3 Å². The van der Waals surface area contributed by atoms with Crippen LogP contribution in [0.4, 0.5) is 0 Å². The van der Waals surface area contributed by atoms with E-state index in [0.29, 0.717) is 6.04 Å². The van der Waals surface area contributed by atoms with Gasteiger partial charge >= 0.3 is 0 Å². The van der Waals surface area contributed by atoms with Gasteiger partial charge in [0, 0.05) is 6.04 Å². The summed E-state index contributed by atoms with van der Waals surface area (Å²) in [5.41, 5.74) is 2.79. The van der Waals surface area contributed by atoms with Crippen molar-refractivity contribution >= 4 is 0 Å². The standard InChI is InChI=1S/C15H23NO2/c1-11(17)8-9-16-15-5-3-4-12-10-13(18-2)6-7-14(12)15/h6-7,10-11,15-17H,3-5,8-9H2,1-2H3. The monoisotopic (exact) mass is 249 g/mol. The fraction of sp³-hybridized carbons (Fsp3) is 0.600. The van der Waals surface area contributed by atoms with Crippen molar-refractivity contribution in [2.24, 2.45) is 0 Å². The maximum Gasteiger partial charge on any atom is 0.119 e. The number of fused-ring (bicyclic) bond motifs is 1. The number of aliphatic hydroxyl groups excluding tert-OH is 1. The fourth-order valence-corrected chi connectivity index (χ4v) is 2.60. The van der Waals surface area contributed by atoms with E-state index in [1.807, 2.05) is 13.0 Å². The topological polar surface area (TPSA) is 41.5 Å². The zero-order chi connectivity index (χ0) is 13.0. The maximum atomic E-state index is 9.29. The Morgan fingerprint density at radius 2 is 2.33 bits per heavy atom. The molecule has 0 aliphatic heterocycles. The Morgan fingerprint density at radius 1 is 1.50 bits per heavy atom. The van der Waals surface area contributed by atoms with Crippen LogP contribution in [0.5, 0.6) is 5.75 Å². The van der Waals surface area contributed by atoms with Crippen molar-refractivity contribution in [2.45, 2.75) is 44.8 Å². The number of benzene rings is 1. The second-order valence-electron chi connectivity index (χ2n) is 5.10. The molecule has 0 spiro atoms. The highest BCUT2D eigenvalue weighted by Crippen LogP contribution is 2.32. The van der Waals surface area contributed by atoms with Gasteiger partial charge in [-0.1, -0.05) is 6.07 Å². The summed E-state index contributed by atoms with van der Waals surface area (Å²) in [4.78, 5) is 0. The smallest absolute Gasteiger partial charge is 0.119 e. The number of hydrogen-bond acceptors (Lipinski definition) is 3. The third-order valence-corrected chi connectivity index (χ3v) is 3.62. The molecule has 1 aliphatic carbocycles. The molecule has 18 heavy (non-hydrogen) atoms. The Hall–Kier alpha value is -1.06. The van der Waals surface area contributed by atoms with E-state index in [0.717, 1.165) is 25.1 Å². The zero-order valence-corrected chi connectivity index (χ0v) is 11.3. The third-order valence-electron chi connectivity index (χ3n) is 3.62. The van der Waals surface area contributed by atoms with Gasteiger partial charge in [-0.2, -0.15) is 0 Å². The van der Waals surface area contributed by atoms with Crippen LogP contribution in [0, 0.1) is 0 Å². The van der Waals surface area contributed by atoms with E-state index in [1.54, 1.807) is 7.11 Å². The predicted octanol–water partition coefficient (Wildman–Crippen LogP) is 2.43. The minimum atomic E-state index is -0.226. The molecule has 0 radical (unpaired) electrons. The van der Waals surface area contributed by atoms with Crippen LogP contribution in [0.25, 0.3) is 0 Å². The van der Waals surface area contributed by atoms with Gasteiger partial charge in [-0.15, -0.1) is 0 Å². The van der Waals surface area contributed by atoms with Crippen LogP contribution >= 0.6 is 0 Å². The lowest BCUT2D eigenvalue weighted by Gasteiger charge is -2.27. The summed E-state index contributed by atoms with van der Waals surface area (Å²) in [6.07, 6.45) is 4.12. The summed E-state index contributed by atoms with van der Waals surface area (Å²) in [6.45, 7) is 2.70.